The molecule has 0 unspecified atom stereocenters. The summed E-state index contributed by atoms with van der Waals surface area (Å²) in [5.41, 5.74) is 6.00. The lowest BCUT2D eigenvalue weighted by atomic mass is 9.50. The molecule has 2 aliphatic rings. The fourth-order valence-electron chi connectivity index (χ4n) is 3.35. The Kier molecular flexibility index (Phi) is 2.69. The lowest BCUT2D eigenvalue weighted by Crippen LogP contribution is -2.67. The SMILES string of the molecule is CC1(CN)CC2(CN(C(=O)OC(C)(C)C)C2)C1. The van der Waals surface area contributed by atoms with Gasteiger partial charge in [-0.3, -0.25) is 0 Å². The van der Waals surface area contributed by atoms with E-state index in [-0.39, 0.29) is 6.09 Å². The van der Waals surface area contributed by atoms with E-state index in [4.69, 9.17) is 10.5 Å². The van der Waals surface area contributed by atoms with Crippen LogP contribution in [0.1, 0.15) is 40.5 Å². The zero-order valence-corrected chi connectivity index (χ0v) is 11.4. The van der Waals surface area contributed by atoms with E-state index in [1.165, 1.54) is 0 Å². The number of hydrogen-bond donors (Lipinski definition) is 1. The Labute approximate surface area is 103 Å². The van der Waals surface area contributed by atoms with Gasteiger partial charge in [-0.2, -0.15) is 0 Å². The zero-order valence-electron chi connectivity index (χ0n) is 11.4. The summed E-state index contributed by atoms with van der Waals surface area (Å²) in [6, 6.07) is 0. The molecule has 0 radical (unpaired) electrons. The van der Waals surface area contributed by atoms with Crippen LogP contribution in [0.15, 0.2) is 0 Å². The van der Waals surface area contributed by atoms with E-state index in [9.17, 15) is 4.79 Å². The molecule has 0 aromatic rings. The third-order valence-corrected chi connectivity index (χ3v) is 3.80. The predicted octanol–water partition coefficient (Wildman–Crippen LogP) is 1.98. The van der Waals surface area contributed by atoms with Crippen LogP contribution < -0.4 is 5.73 Å². The van der Waals surface area contributed by atoms with Crippen LogP contribution >= 0.6 is 0 Å². The Morgan fingerprint density at radius 2 is 1.88 bits per heavy atom. The van der Waals surface area contributed by atoms with E-state index in [0.29, 0.717) is 10.8 Å². The molecule has 2 rings (SSSR count). The molecular weight excluding hydrogens is 216 g/mol. The quantitative estimate of drug-likeness (QED) is 0.762. The molecule has 1 aliphatic heterocycles. The molecule has 0 bridgehead atoms. The molecule has 0 aromatic carbocycles. The van der Waals surface area contributed by atoms with E-state index < -0.39 is 5.60 Å². The van der Waals surface area contributed by atoms with Crippen LogP contribution in [0.4, 0.5) is 4.79 Å². The minimum atomic E-state index is -0.398. The summed E-state index contributed by atoms with van der Waals surface area (Å²) in [6.07, 6.45) is 2.12. The largest absolute Gasteiger partial charge is 0.444 e. The van der Waals surface area contributed by atoms with E-state index in [1.54, 1.807) is 4.90 Å². The normalized spacial score (nSPS) is 25.1. The van der Waals surface area contributed by atoms with Gasteiger partial charge in [0.25, 0.3) is 0 Å². The van der Waals surface area contributed by atoms with Crippen molar-refractivity contribution in [2.75, 3.05) is 19.6 Å². The second-order valence-corrected chi connectivity index (χ2v) is 7.20. The maximum atomic E-state index is 11.8. The lowest BCUT2D eigenvalue weighted by molar-refractivity contribution is -0.128. The Balaban J connectivity index is 1.79. The van der Waals surface area contributed by atoms with Gasteiger partial charge >= 0.3 is 6.09 Å². The van der Waals surface area contributed by atoms with Crippen molar-refractivity contribution in [3.8, 4) is 0 Å². The molecule has 17 heavy (non-hydrogen) atoms. The number of hydrogen-bond acceptors (Lipinski definition) is 3. The van der Waals surface area contributed by atoms with Gasteiger partial charge in [-0.1, -0.05) is 6.92 Å². The van der Waals surface area contributed by atoms with Gasteiger partial charge in [-0.25, -0.2) is 4.79 Å². The predicted molar refractivity (Wildman–Crippen MR) is 66.6 cm³/mol. The first kappa shape index (κ1) is 12.7. The van der Waals surface area contributed by atoms with Crippen LogP contribution in [-0.2, 0) is 4.74 Å². The molecule has 2 N–H and O–H groups in total. The first-order valence-electron chi connectivity index (χ1n) is 6.35. The van der Waals surface area contributed by atoms with Gasteiger partial charge in [0, 0.05) is 18.5 Å². The number of nitrogens with zero attached hydrogens (tertiary/aromatic N) is 1. The van der Waals surface area contributed by atoms with Crippen molar-refractivity contribution >= 4 is 6.09 Å². The van der Waals surface area contributed by atoms with Crippen LogP contribution in [-0.4, -0.2) is 36.2 Å². The minimum absolute atomic E-state index is 0.176. The Morgan fingerprint density at radius 1 is 1.35 bits per heavy atom. The molecule has 1 aliphatic carbocycles. The first-order valence-corrected chi connectivity index (χ1v) is 6.35. The molecule has 2 fully saturated rings. The second kappa shape index (κ2) is 3.61. The molecule has 1 saturated heterocycles. The molecule has 4 nitrogen and oxygen atoms in total. The number of likely N-dealkylation sites (tertiary alicyclic amines) is 1. The highest BCUT2D eigenvalue weighted by molar-refractivity contribution is 5.69. The molecule has 0 atom stereocenters. The standard InChI is InChI=1S/C13H24N2O2/c1-11(2,3)17-10(16)15-8-13(9-15)5-12(4,6-13)7-14/h5-9,14H2,1-4H3. The highest BCUT2D eigenvalue weighted by atomic mass is 16.6. The highest BCUT2D eigenvalue weighted by Gasteiger charge is 2.58. The van der Waals surface area contributed by atoms with Gasteiger partial charge in [0.1, 0.15) is 5.60 Å². The van der Waals surface area contributed by atoms with Crippen molar-refractivity contribution in [2.45, 2.75) is 46.1 Å². The number of carbonyl (C=O) groups excluding carboxylic acids is 1. The summed E-state index contributed by atoms with van der Waals surface area (Å²) in [4.78, 5) is 13.6. The van der Waals surface area contributed by atoms with E-state index in [1.807, 2.05) is 20.8 Å². The summed E-state index contributed by atoms with van der Waals surface area (Å²) in [5, 5.41) is 0. The highest BCUT2D eigenvalue weighted by Crippen LogP contribution is 2.58. The number of amides is 1. The maximum absolute atomic E-state index is 11.8. The number of carbonyl (C=O) groups is 1. The van der Waals surface area contributed by atoms with Crippen molar-refractivity contribution in [2.24, 2.45) is 16.6 Å². The average molecular weight is 240 g/mol. The van der Waals surface area contributed by atoms with Crippen LogP contribution in [0.25, 0.3) is 0 Å². The maximum Gasteiger partial charge on any atom is 0.410 e. The fraction of sp³-hybridized carbons (Fsp3) is 0.923. The Hall–Kier alpha value is -0.770. The van der Waals surface area contributed by atoms with Crippen molar-refractivity contribution < 1.29 is 9.53 Å². The second-order valence-electron chi connectivity index (χ2n) is 7.20. The van der Waals surface area contributed by atoms with Crippen molar-refractivity contribution in [3.05, 3.63) is 0 Å². The molecule has 1 amide bonds. The van der Waals surface area contributed by atoms with Crippen LogP contribution in [0.3, 0.4) is 0 Å². The van der Waals surface area contributed by atoms with Gasteiger partial charge in [-0.15, -0.1) is 0 Å². The third kappa shape index (κ3) is 2.41. The summed E-state index contributed by atoms with van der Waals surface area (Å²) >= 11 is 0. The lowest BCUT2D eigenvalue weighted by Gasteiger charge is -2.63. The van der Waals surface area contributed by atoms with Gasteiger partial charge in [0.15, 0.2) is 0 Å². The number of ether oxygens (including phenoxy) is 1. The van der Waals surface area contributed by atoms with Crippen molar-refractivity contribution in [3.63, 3.8) is 0 Å². The van der Waals surface area contributed by atoms with Crippen LogP contribution in [0.2, 0.25) is 0 Å². The molecule has 1 heterocycles. The fourth-order valence-corrected chi connectivity index (χ4v) is 3.35. The molecule has 1 spiro atoms. The summed E-state index contributed by atoms with van der Waals surface area (Å²) in [5.74, 6) is 0. The summed E-state index contributed by atoms with van der Waals surface area (Å²) < 4.78 is 5.34. The average Bonchev–Trinajstić information content (AvgIpc) is 2.05. The number of nitrogens with two attached hydrogens (primary N) is 1. The van der Waals surface area contributed by atoms with E-state index >= 15 is 0 Å². The van der Waals surface area contributed by atoms with Gasteiger partial charge in [-0.05, 0) is 45.6 Å². The molecule has 0 aromatic heterocycles. The zero-order chi connectivity index (χ0) is 12.9. The van der Waals surface area contributed by atoms with E-state index in [2.05, 4.69) is 6.92 Å². The topological polar surface area (TPSA) is 55.6 Å². The Morgan fingerprint density at radius 3 is 2.29 bits per heavy atom. The number of rotatable bonds is 1. The minimum Gasteiger partial charge on any atom is -0.444 e. The third-order valence-electron chi connectivity index (χ3n) is 3.80. The summed E-state index contributed by atoms with van der Waals surface area (Å²) in [7, 11) is 0. The van der Waals surface area contributed by atoms with Gasteiger partial charge < -0.3 is 15.4 Å². The monoisotopic (exact) mass is 240 g/mol. The van der Waals surface area contributed by atoms with Gasteiger partial charge in [0.05, 0.1) is 0 Å². The van der Waals surface area contributed by atoms with Gasteiger partial charge in [0.2, 0.25) is 0 Å². The van der Waals surface area contributed by atoms with Crippen LogP contribution in [0.5, 0.6) is 0 Å². The first-order chi connectivity index (χ1) is 7.67. The van der Waals surface area contributed by atoms with Crippen molar-refractivity contribution in [1.82, 2.24) is 4.90 Å². The molecule has 98 valence electrons. The van der Waals surface area contributed by atoms with Crippen LogP contribution in [0, 0.1) is 10.8 Å². The smallest absolute Gasteiger partial charge is 0.410 e. The van der Waals surface area contributed by atoms with Crippen molar-refractivity contribution in [1.29, 1.82) is 0 Å². The molecule has 4 heteroatoms. The molecule has 1 saturated carbocycles. The summed E-state index contributed by atoms with van der Waals surface area (Å²) in [6.45, 7) is 10.4. The molecular formula is C13H24N2O2. The van der Waals surface area contributed by atoms with E-state index in [0.717, 1.165) is 32.5 Å². The Bertz CT molecular complexity index is 319.